The molecular weight excluding hydrogens is 365 g/mol. The number of carbonyl (C=O) groups is 2. The van der Waals surface area contributed by atoms with E-state index in [4.69, 9.17) is 0 Å². The summed E-state index contributed by atoms with van der Waals surface area (Å²) in [4.78, 5) is 31.3. The molecule has 0 spiro atoms. The largest absolute Gasteiger partial charge is 0.360 e. The molecular formula is C20H22FN3O2S. The molecule has 0 aliphatic carbocycles. The van der Waals surface area contributed by atoms with E-state index in [0.717, 1.165) is 23.3 Å². The van der Waals surface area contributed by atoms with Crippen molar-refractivity contribution in [2.24, 2.45) is 0 Å². The number of fused-ring (bicyclic) bond motifs is 1. The maximum absolute atomic E-state index is 14.3. The first-order valence-electron chi connectivity index (χ1n) is 9.26. The van der Waals surface area contributed by atoms with Gasteiger partial charge < -0.3 is 14.7 Å². The second-order valence-electron chi connectivity index (χ2n) is 6.92. The average Bonchev–Trinajstić information content (AvgIpc) is 3.22. The minimum atomic E-state index is -0.258. The number of aryl methyl sites for hydroxylation is 1. The van der Waals surface area contributed by atoms with E-state index in [9.17, 15) is 14.0 Å². The van der Waals surface area contributed by atoms with E-state index < -0.39 is 0 Å². The third kappa shape index (κ3) is 3.69. The first-order valence-corrected chi connectivity index (χ1v) is 10.1. The fraction of sp³-hybridized carbons (Fsp3) is 0.400. The summed E-state index contributed by atoms with van der Waals surface area (Å²) < 4.78 is 14.3. The SMILES string of the molecule is O=C(CN1CCCc2cccc(F)c21)N1CCN(C(=O)c2cccs2)CC1. The summed E-state index contributed by atoms with van der Waals surface area (Å²) >= 11 is 1.44. The van der Waals surface area contributed by atoms with Crippen molar-refractivity contribution in [3.8, 4) is 0 Å². The van der Waals surface area contributed by atoms with Gasteiger partial charge in [-0.1, -0.05) is 18.2 Å². The van der Waals surface area contributed by atoms with E-state index in [1.165, 1.54) is 17.4 Å². The zero-order valence-electron chi connectivity index (χ0n) is 15.1. The van der Waals surface area contributed by atoms with E-state index in [0.29, 0.717) is 38.4 Å². The Labute approximate surface area is 162 Å². The van der Waals surface area contributed by atoms with Crippen LogP contribution in [-0.2, 0) is 11.2 Å². The van der Waals surface area contributed by atoms with Crippen molar-refractivity contribution >= 4 is 28.8 Å². The Morgan fingerprint density at radius 2 is 1.78 bits per heavy atom. The second kappa shape index (κ2) is 7.68. The molecule has 1 aromatic heterocycles. The van der Waals surface area contributed by atoms with Gasteiger partial charge in [-0.05, 0) is 35.9 Å². The number of anilines is 1. The molecule has 4 rings (SSSR count). The van der Waals surface area contributed by atoms with Gasteiger partial charge >= 0.3 is 0 Å². The number of carbonyl (C=O) groups excluding carboxylic acids is 2. The molecule has 2 aromatic rings. The second-order valence-corrected chi connectivity index (χ2v) is 7.87. The van der Waals surface area contributed by atoms with Crippen LogP contribution in [-0.4, -0.2) is 60.9 Å². The van der Waals surface area contributed by atoms with Crippen LogP contribution in [0.3, 0.4) is 0 Å². The molecule has 1 aromatic carbocycles. The fourth-order valence-electron chi connectivity index (χ4n) is 3.82. The van der Waals surface area contributed by atoms with Crippen molar-refractivity contribution in [1.29, 1.82) is 0 Å². The van der Waals surface area contributed by atoms with Crippen LogP contribution >= 0.6 is 11.3 Å². The minimum Gasteiger partial charge on any atom is -0.360 e. The highest BCUT2D eigenvalue weighted by molar-refractivity contribution is 7.12. The van der Waals surface area contributed by atoms with Crippen LogP contribution in [0.1, 0.15) is 21.7 Å². The van der Waals surface area contributed by atoms with Gasteiger partial charge in [-0.15, -0.1) is 11.3 Å². The first-order chi connectivity index (χ1) is 13.1. The molecule has 142 valence electrons. The Morgan fingerprint density at radius 3 is 2.52 bits per heavy atom. The summed E-state index contributed by atoms with van der Waals surface area (Å²) in [5.74, 6) is -0.232. The van der Waals surface area contributed by atoms with Crippen LogP contribution in [0.2, 0.25) is 0 Å². The van der Waals surface area contributed by atoms with Gasteiger partial charge in [0.1, 0.15) is 5.82 Å². The lowest BCUT2D eigenvalue weighted by molar-refractivity contribution is -0.131. The lowest BCUT2D eigenvalue weighted by Crippen LogP contribution is -2.53. The Bertz CT molecular complexity index is 832. The number of benzene rings is 1. The quantitative estimate of drug-likeness (QED) is 0.813. The number of hydrogen-bond donors (Lipinski definition) is 0. The van der Waals surface area contributed by atoms with Gasteiger partial charge in [0, 0.05) is 32.7 Å². The summed E-state index contributed by atoms with van der Waals surface area (Å²) in [7, 11) is 0. The Hall–Kier alpha value is -2.41. The first kappa shape index (κ1) is 18.0. The van der Waals surface area contributed by atoms with Crippen LogP contribution in [0.4, 0.5) is 10.1 Å². The molecule has 2 aliphatic rings. The zero-order valence-corrected chi connectivity index (χ0v) is 15.9. The molecule has 0 N–H and O–H groups in total. The Kier molecular flexibility index (Phi) is 5.11. The van der Waals surface area contributed by atoms with E-state index in [-0.39, 0.29) is 24.2 Å². The maximum atomic E-state index is 14.3. The van der Waals surface area contributed by atoms with Crippen LogP contribution < -0.4 is 4.90 Å². The van der Waals surface area contributed by atoms with Crippen molar-refractivity contribution in [3.63, 3.8) is 0 Å². The van der Waals surface area contributed by atoms with Crippen molar-refractivity contribution in [3.05, 3.63) is 52.0 Å². The topological polar surface area (TPSA) is 43.9 Å². The number of nitrogens with zero attached hydrogens (tertiary/aromatic N) is 3. The lowest BCUT2D eigenvalue weighted by atomic mass is 10.0. The molecule has 0 radical (unpaired) electrons. The highest BCUT2D eigenvalue weighted by atomic mass is 32.1. The van der Waals surface area contributed by atoms with Crippen molar-refractivity contribution in [1.82, 2.24) is 9.80 Å². The number of halogens is 1. The summed E-state index contributed by atoms with van der Waals surface area (Å²) in [6, 6.07) is 8.81. The van der Waals surface area contributed by atoms with Crippen molar-refractivity contribution < 1.29 is 14.0 Å². The molecule has 7 heteroatoms. The fourth-order valence-corrected chi connectivity index (χ4v) is 4.52. The maximum Gasteiger partial charge on any atom is 0.264 e. The zero-order chi connectivity index (χ0) is 18.8. The van der Waals surface area contributed by atoms with Gasteiger partial charge in [0.15, 0.2) is 0 Å². The summed E-state index contributed by atoms with van der Waals surface area (Å²) in [6.07, 6.45) is 1.77. The monoisotopic (exact) mass is 387 g/mol. The molecule has 1 saturated heterocycles. The summed E-state index contributed by atoms with van der Waals surface area (Å²) in [5, 5.41) is 1.89. The smallest absolute Gasteiger partial charge is 0.264 e. The van der Waals surface area contributed by atoms with Gasteiger partial charge in [0.05, 0.1) is 17.1 Å². The molecule has 0 saturated carbocycles. The molecule has 2 amide bonds. The summed E-state index contributed by atoms with van der Waals surface area (Å²) in [6.45, 7) is 2.99. The molecule has 27 heavy (non-hydrogen) atoms. The number of para-hydroxylation sites is 1. The molecule has 0 unspecified atom stereocenters. The van der Waals surface area contributed by atoms with Crippen LogP contribution in [0, 0.1) is 5.82 Å². The van der Waals surface area contributed by atoms with Gasteiger partial charge in [0.2, 0.25) is 5.91 Å². The predicted octanol–water partition coefficient (Wildman–Crippen LogP) is 2.62. The molecule has 3 heterocycles. The standard InChI is InChI=1S/C20H22FN3O2S/c21-16-6-1-4-15-5-2-8-24(19(15)16)14-18(25)22-9-11-23(12-10-22)20(26)17-7-3-13-27-17/h1,3-4,6-7,13H,2,5,8-12,14H2. The van der Waals surface area contributed by atoms with Crippen molar-refractivity contribution in [2.45, 2.75) is 12.8 Å². The number of piperazine rings is 1. The Balaban J connectivity index is 1.36. The molecule has 0 atom stereocenters. The molecule has 1 fully saturated rings. The summed E-state index contributed by atoms with van der Waals surface area (Å²) in [5.41, 5.74) is 1.55. The third-order valence-corrected chi connectivity index (χ3v) is 6.10. The highest BCUT2D eigenvalue weighted by Gasteiger charge is 2.28. The normalized spacial score (nSPS) is 17.0. The van der Waals surface area contributed by atoms with E-state index in [1.807, 2.05) is 28.5 Å². The molecule has 5 nitrogen and oxygen atoms in total. The van der Waals surface area contributed by atoms with Crippen LogP contribution in [0.15, 0.2) is 35.7 Å². The van der Waals surface area contributed by atoms with Gasteiger partial charge in [0.25, 0.3) is 5.91 Å². The third-order valence-electron chi connectivity index (χ3n) is 5.24. The number of hydrogen-bond acceptors (Lipinski definition) is 4. The van der Waals surface area contributed by atoms with E-state index >= 15 is 0 Å². The highest BCUT2D eigenvalue weighted by Crippen LogP contribution is 2.29. The minimum absolute atomic E-state index is 0.00525. The molecule has 0 bridgehead atoms. The average molecular weight is 387 g/mol. The lowest BCUT2D eigenvalue weighted by Gasteiger charge is -2.37. The number of rotatable bonds is 3. The van der Waals surface area contributed by atoms with Crippen LogP contribution in [0.5, 0.6) is 0 Å². The van der Waals surface area contributed by atoms with Gasteiger partial charge in [-0.3, -0.25) is 9.59 Å². The Morgan fingerprint density at radius 1 is 1.00 bits per heavy atom. The van der Waals surface area contributed by atoms with E-state index in [1.54, 1.807) is 15.9 Å². The van der Waals surface area contributed by atoms with Gasteiger partial charge in [-0.2, -0.15) is 0 Å². The number of amides is 2. The molecule has 2 aliphatic heterocycles. The predicted molar refractivity (Wildman–Crippen MR) is 104 cm³/mol. The van der Waals surface area contributed by atoms with Crippen molar-refractivity contribution in [2.75, 3.05) is 44.2 Å². The van der Waals surface area contributed by atoms with Crippen LogP contribution in [0.25, 0.3) is 0 Å². The number of thiophene rings is 1. The van der Waals surface area contributed by atoms with E-state index in [2.05, 4.69) is 0 Å². The van der Waals surface area contributed by atoms with Gasteiger partial charge in [-0.25, -0.2) is 4.39 Å².